The van der Waals surface area contributed by atoms with Crippen LogP contribution in [-0.4, -0.2) is 64.6 Å². The number of ether oxygens (including phenoxy) is 1. The lowest BCUT2D eigenvalue weighted by Gasteiger charge is -2.34. The monoisotopic (exact) mass is 592 g/mol. The van der Waals surface area contributed by atoms with Crippen LogP contribution in [0.1, 0.15) is 58.9 Å². The number of hydrogen-bond acceptors (Lipinski definition) is 8. The van der Waals surface area contributed by atoms with E-state index in [0.717, 1.165) is 56.7 Å². The van der Waals surface area contributed by atoms with Gasteiger partial charge in [-0.3, -0.25) is 9.36 Å². The van der Waals surface area contributed by atoms with Crippen molar-refractivity contribution in [3.05, 3.63) is 46.1 Å². The fourth-order valence-electron chi connectivity index (χ4n) is 5.23. The van der Waals surface area contributed by atoms with Crippen molar-refractivity contribution in [2.75, 3.05) is 43.1 Å². The van der Waals surface area contributed by atoms with Gasteiger partial charge in [-0.2, -0.15) is 4.98 Å². The van der Waals surface area contributed by atoms with E-state index in [4.69, 9.17) is 4.74 Å². The maximum absolute atomic E-state index is 15.2. The van der Waals surface area contributed by atoms with Crippen LogP contribution in [0.3, 0.4) is 0 Å². The number of fused-ring (bicyclic) bond motifs is 1. The number of aromatic nitrogens is 3. The predicted molar refractivity (Wildman–Crippen MR) is 160 cm³/mol. The molecule has 1 aliphatic carbocycles. The molecule has 224 valence electrons. The van der Waals surface area contributed by atoms with E-state index in [0.29, 0.717) is 35.4 Å². The lowest BCUT2D eigenvalue weighted by atomic mass is 9.90. The summed E-state index contributed by atoms with van der Waals surface area (Å²) in [6, 6.07) is 2.61. The Morgan fingerprint density at radius 1 is 1.15 bits per heavy atom. The van der Waals surface area contributed by atoms with Crippen molar-refractivity contribution >= 4 is 34.6 Å². The number of likely N-dealkylation sites (N-methyl/N-ethyl adjacent to an activating group) is 1. The molecular formula is C29H39F3N6O2S. The molecule has 2 aromatic heterocycles. The summed E-state index contributed by atoms with van der Waals surface area (Å²) in [6.07, 6.45) is 6.32. The van der Waals surface area contributed by atoms with Gasteiger partial charge in [0.1, 0.15) is 11.3 Å². The fourth-order valence-corrected chi connectivity index (χ4v) is 5.87. The Balaban J connectivity index is 1.62. The third-order valence-electron chi connectivity index (χ3n) is 7.52. The first kappa shape index (κ1) is 31.1. The molecule has 0 amide bonds. The molecule has 0 unspecified atom stereocenters. The third-order valence-corrected chi connectivity index (χ3v) is 8.48. The molecule has 0 bridgehead atoms. The summed E-state index contributed by atoms with van der Waals surface area (Å²) < 4.78 is 54.1. The summed E-state index contributed by atoms with van der Waals surface area (Å²) in [5, 5.41) is 3.87. The third kappa shape index (κ3) is 6.98. The molecule has 0 saturated heterocycles. The van der Waals surface area contributed by atoms with Crippen LogP contribution in [0.25, 0.3) is 22.2 Å². The highest BCUT2D eigenvalue weighted by molar-refractivity contribution is 8.00. The maximum atomic E-state index is 15.2. The number of nitrogens with zero attached hydrogens (tertiary/aromatic N) is 4. The van der Waals surface area contributed by atoms with Crippen LogP contribution >= 0.6 is 11.9 Å². The van der Waals surface area contributed by atoms with Crippen molar-refractivity contribution in [1.82, 2.24) is 19.4 Å². The molecule has 0 radical (unpaired) electrons. The zero-order valence-corrected chi connectivity index (χ0v) is 25.1. The number of rotatable bonds is 12. The minimum absolute atomic E-state index is 0.158. The van der Waals surface area contributed by atoms with Crippen LogP contribution in [0, 0.1) is 17.5 Å². The average molecular weight is 593 g/mol. The van der Waals surface area contributed by atoms with Crippen LogP contribution in [0.2, 0.25) is 0 Å². The molecule has 4 rings (SSSR count). The largest absolute Gasteiger partial charge is 0.383 e. The van der Waals surface area contributed by atoms with Gasteiger partial charge in [-0.25, -0.2) is 18.2 Å². The van der Waals surface area contributed by atoms with Gasteiger partial charge in [-0.15, -0.1) is 0 Å². The number of benzene rings is 1. The maximum Gasteiger partial charge on any atom is 0.260 e. The number of nitrogens with one attached hydrogen (secondary N) is 2. The van der Waals surface area contributed by atoms with Gasteiger partial charge in [0.2, 0.25) is 5.95 Å². The van der Waals surface area contributed by atoms with E-state index in [2.05, 4.69) is 32.0 Å². The van der Waals surface area contributed by atoms with Crippen LogP contribution < -0.4 is 15.6 Å². The van der Waals surface area contributed by atoms with Gasteiger partial charge in [0.15, 0.2) is 17.5 Å². The number of hydrogen-bond donors (Lipinski definition) is 2. The molecule has 8 nitrogen and oxygen atoms in total. The van der Waals surface area contributed by atoms with Gasteiger partial charge >= 0.3 is 0 Å². The minimum atomic E-state index is -1.37. The normalized spacial score (nSPS) is 17.5. The summed E-state index contributed by atoms with van der Waals surface area (Å²) in [5.41, 5.74) is -1.38. The molecule has 0 atom stereocenters. The highest BCUT2D eigenvalue weighted by Gasteiger charge is 2.26. The smallest absolute Gasteiger partial charge is 0.260 e. The van der Waals surface area contributed by atoms with E-state index in [1.807, 2.05) is 6.92 Å². The van der Waals surface area contributed by atoms with Gasteiger partial charge < -0.3 is 19.7 Å². The van der Waals surface area contributed by atoms with Crippen LogP contribution in [0.4, 0.5) is 24.8 Å². The Kier molecular flexibility index (Phi) is 10.5. The van der Waals surface area contributed by atoms with E-state index in [1.165, 1.54) is 10.6 Å². The second-order valence-electron chi connectivity index (χ2n) is 10.8. The first-order chi connectivity index (χ1) is 19.7. The Bertz CT molecular complexity index is 1410. The van der Waals surface area contributed by atoms with Crippen molar-refractivity contribution in [3.8, 4) is 11.1 Å². The highest BCUT2D eigenvalue weighted by atomic mass is 32.2. The number of methoxy groups -OCH3 is 1. The first-order valence-corrected chi connectivity index (χ1v) is 15.1. The SMILES string of the molecule is CCCSNc1c(F)cc(-c2cc3cnc(NC4CCC(N(C)CCOC)CC4)nc3n(C(C)C)c2=O)c(F)c1F. The Morgan fingerprint density at radius 3 is 2.54 bits per heavy atom. The summed E-state index contributed by atoms with van der Waals surface area (Å²) >= 11 is 1.08. The quantitative estimate of drug-likeness (QED) is 0.146. The second kappa shape index (κ2) is 13.9. The van der Waals surface area contributed by atoms with E-state index in [-0.39, 0.29) is 17.6 Å². The van der Waals surface area contributed by atoms with E-state index < -0.39 is 34.3 Å². The Hall–Kier alpha value is -2.83. The summed E-state index contributed by atoms with van der Waals surface area (Å²) in [5.74, 6) is -2.64. The summed E-state index contributed by atoms with van der Waals surface area (Å²) in [4.78, 5) is 25.1. The average Bonchev–Trinajstić information content (AvgIpc) is 2.95. The summed E-state index contributed by atoms with van der Waals surface area (Å²) in [7, 11) is 3.83. The lowest BCUT2D eigenvalue weighted by molar-refractivity contribution is 0.121. The van der Waals surface area contributed by atoms with Crippen molar-refractivity contribution in [2.24, 2.45) is 0 Å². The number of anilines is 2. The lowest BCUT2D eigenvalue weighted by Crippen LogP contribution is -2.39. The van der Waals surface area contributed by atoms with E-state index >= 15 is 4.39 Å². The van der Waals surface area contributed by atoms with Crippen molar-refractivity contribution < 1.29 is 17.9 Å². The highest BCUT2D eigenvalue weighted by Crippen LogP contribution is 2.33. The zero-order chi connectivity index (χ0) is 29.7. The zero-order valence-electron chi connectivity index (χ0n) is 24.3. The second-order valence-corrected chi connectivity index (χ2v) is 11.7. The first-order valence-electron chi connectivity index (χ1n) is 14.1. The van der Waals surface area contributed by atoms with Crippen molar-refractivity contribution in [1.29, 1.82) is 0 Å². The molecule has 1 saturated carbocycles. The van der Waals surface area contributed by atoms with Gasteiger partial charge in [-0.1, -0.05) is 18.9 Å². The van der Waals surface area contributed by atoms with Crippen LogP contribution in [0.15, 0.2) is 23.1 Å². The molecule has 1 fully saturated rings. The van der Waals surface area contributed by atoms with Crippen LogP contribution in [0.5, 0.6) is 0 Å². The van der Waals surface area contributed by atoms with Gasteiger partial charge in [-0.05, 0) is 65.1 Å². The minimum Gasteiger partial charge on any atom is -0.383 e. The molecule has 12 heteroatoms. The number of halogens is 3. The standard InChI is InChI=1S/C29H39F3N6O2S/c1-6-13-41-36-26-23(30)15-21(24(31)25(26)32)22-14-18-16-33-29(35-27(18)38(17(2)3)28(22)39)34-19-7-9-20(10-8-19)37(4)11-12-40-5/h14-17,19-20,36H,6-13H2,1-5H3,(H,33,34,35). The molecule has 0 spiro atoms. The van der Waals surface area contributed by atoms with E-state index in [9.17, 15) is 13.6 Å². The molecule has 41 heavy (non-hydrogen) atoms. The Labute approximate surface area is 243 Å². The molecule has 1 aliphatic rings. The van der Waals surface area contributed by atoms with Gasteiger partial charge in [0, 0.05) is 54.7 Å². The molecule has 0 aliphatic heterocycles. The Morgan fingerprint density at radius 2 is 1.88 bits per heavy atom. The topological polar surface area (TPSA) is 84.3 Å². The van der Waals surface area contributed by atoms with Gasteiger partial charge in [0.05, 0.1) is 12.2 Å². The number of pyridine rings is 1. The van der Waals surface area contributed by atoms with Crippen molar-refractivity contribution in [2.45, 2.75) is 71.0 Å². The molecule has 3 aromatic rings. The van der Waals surface area contributed by atoms with Crippen LogP contribution in [-0.2, 0) is 4.74 Å². The molecule has 2 heterocycles. The molecule has 1 aromatic carbocycles. The fraction of sp³-hybridized carbons (Fsp3) is 0.552. The predicted octanol–water partition coefficient (Wildman–Crippen LogP) is 6.23. The summed E-state index contributed by atoms with van der Waals surface area (Å²) in [6.45, 7) is 7.12. The van der Waals surface area contributed by atoms with Gasteiger partial charge in [0.25, 0.3) is 5.56 Å². The van der Waals surface area contributed by atoms with Crippen molar-refractivity contribution in [3.63, 3.8) is 0 Å². The molecular weight excluding hydrogens is 553 g/mol. The molecule has 2 N–H and O–H groups in total. The van der Waals surface area contributed by atoms with E-state index in [1.54, 1.807) is 27.2 Å².